The largest absolute Gasteiger partial charge is 0.478 e. The fourth-order valence-electron chi connectivity index (χ4n) is 1.65. The second kappa shape index (κ2) is 4.77. The van der Waals surface area contributed by atoms with Crippen LogP contribution >= 0.6 is 15.9 Å². The zero-order valence-electron chi connectivity index (χ0n) is 9.14. The van der Waals surface area contributed by atoms with Crippen LogP contribution in [0.4, 0.5) is 10.5 Å². The van der Waals surface area contributed by atoms with Gasteiger partial charge >= 0.3 is 12.0 Å². The second-order valence-corrected chi connectivity index (χ2v) is 4.58. The summed E-state index contributed by atoms with van der Waals surface area (Å²) < 4.78 is 0.594. The first kappa shape index (κ1) is 12.6. The molecule has 94 valence electrons. The molecule has 1 saturated heterocycles. The topological polar surface area (TPSA) is 86.7 Å². The first-order valence-electron chi connectivity index (χ1n) is 5.13. The van der Waals surface area contributed by atoms with Gasteiger partial charge in [0.2, 0.25) is 5.91 Å². The Hall–Kier alpha value is -1.89. The van der Waals surface area contributed by atoms with E-state index in [1.165, 1.54) is 17.0 Å². The molecule has 1 fully saturated rings. The number of carbonyl (C=O) groups excluding carboxylic acids is 2. The molecule has 2 rings (SSSR count). The quantitative estimate of drug-likeness (QED) is 0.868. The Bertz CT molecular complexity index is 544. The molecular formula is C11H9BrN2O4. The van der Waals surface area contributed by atoms with E-state index in [-0.39, 0.29) is 24.4 Å². The summed E-state index contributed by atoms with van der Waals surface area (Å²) in [6.45, 7) is 0.229. The molecule has 0 atom stereocenters. The molecule has 3 amide bonds. The van der Waals surface area contributed by atoms with Crippen LogP contribution < -0.4 is 10.2 Å². The number of nitrogens with one attached hydrogen (secondary N) is 1. The van der Waals surface area contributed by atoms with Crippen LogP contribution in [0.5, 0.6) is 0 Å². The molecule has 0 spiro atoms. The lowest BCUT2D eigenvalue weighted by Crippen LogP contribution is -2.49. The summed E-state index contributed by atoms with van der Waals surface area (Å²) >= 11 is 3.26. The zero-order chi connectivity index (χ0) is 13.3. The van der Waals surface area contributed by atoms with Crippen LogP contribution in [0.15, 0.2) is 22.7 Å². The van der Waals surface area contributed by atoms with E-state index in [2.05, 4.69) is 21.2 Å². The van der Waals surface area contributed by atoms with E-state index in [0.717, 1.165) is 0 Å². The Morgan fingerprint density at radius 1 is 1.39 bits per heavy atom. The van der Waals surface area contributed by atoms with Crippen LogP contribution in [-0.4, -0.2) is 29.6 Å². The van der Waals surface area contributed by atoms with Crippen molar-refractivity contribution >= 4 is 39.5 Å². The number of imide groups is 1. The van der Waals surface area contributed by atoms with Gasteiger partial charge in [-0.05, 0) is 34.1 Å². The summed E-state index contributed by atoms with van der Waals surface area (Å²) in [6, 6.07) is 3.84. The molecule has 0 radical (unpaired) electrons. The molecular weight excluding hydrogens is 304 g/mol. The van der Waals surface area contributed by atoms with E-state index >= 15 is 0 Å². The summed E-state index contributed by atoms with van der Waals surface area (Å²) in [4.78, 5) is 34.9. The minimum atomic E-state index is -1.07. The third kappa shape index (κ3) is 2.35. The molecule has 2 N–H and O–H groups in total. The lowest BCUT2D eigenvalue weighted by molar-refractivity contribution is -0.120. The average Bonchev–Trinajstić information content (AvgIpc) is 2.30. The summed E-state index contributed by atoms with van der Waals surface area (Å²) in [5, 5.41) is 11.1. The van der Waals surface area contributed by atoms with E-state index < -0.39 is 12.0 Å². The molecule has 1 aromatic carbocycles. The van der Waals surface area contributed by atoms with Gasteiger partial charge in [-0.1, -0.05) is 0 Å². The van der Waals surface area contributed by atoms with Crippen molar-refractivity contribution in [2.45, 2.75) is 6.42 Å². The van der Waals surface area contributed by atoms with E-state index in [9.17, 15) is 14.4 Å². The highest BCUT2D eigenvalue weighted by molar-refractivity contribution is 9.10. The van der Waals surface area contributed by atoms with Crippen molar-refractivity contribution in [2.24, 2.45) is 0 Å². The van der Waals surface area contributed by atoms with E-state index in [0.29, 0.717) is 10.2 Å². The maximum Gasteiger partial charge on any atom is 0.335 e. The maximum atomic E-state index is 11.7. The first-order valence-corrected chi connectivity index (χ1v) is 5.92. The number of hydrogen-bond donors (Lipinski definition) is 2. The fraction of sp³-hybridized carbons (Fsp3) is 0.182. The van der Waals surface area contributed by atoms with Crippen molar-refractivity contribution in [3.63, 3.8) is 0 Å². The van der Waals surface area contributed by atoms with Gasteiger partial charge in [-0.3, -0.25) is 15.0 Å². The molecule has 0 bridgehead atoms. The molecule has 7 heteroatoms. The third-order valence-electron chi connectivity index (χ3n) is 2.54. The first-order chi connectivity index (χ1) is 8.49. The van der Waals surface area contributed by atoms with E-state index in [1.807, 2.05) is 0 Å². The minimum absolute atomic E-state index is 0.0814. The molecule has 0 unspecified atom stereocenters. The highest BCUT2D eigenvalue weighted by Crippen LogP contribution is 2.28. The Labute approximate surface area is 111 Å². The van der Waals surface area contributed by atoms with Gasteiger partial charge in [-0.2, -0.15) is 0 Å². The lowest BCUT2D eigenvalue weighted by atomic mass is 10.1. The smallest absolute Gasteiger partial charge is 0.335 e. The van der Waals surface area contributed by atoms with Gasteiger partial charge < -0.3 is 5.11 Å². The zero-order valence-corrected chi connectivity index (χ0v) is 10.7. The van der Waals surface area contributed by atoms with Crippen LogP contribution in [0.25, 0.3) is 0 Å². The molecule has 1 heterocycles. The predicted molar refractivity (Wildman–Crippen MR) is 66.6 cm³/mol. The molecule has 6 nitrogen and oxygen atoms in total. The fourth-order valence-corrected chi connectivity index (χ4v) is 2.11. The second-order valence-electron chi connectivity index (χ2n) is 3.73. The maximum absolute atomic E-state index is 11.7. The normalized spacial score (nSPS) is 15.5. The number of carbonyl (C=O) groups is 3. The Morgan fingerprint density at radius 3 is 2.72 bits per heavy atom. The van der Waals surface area contributed by atoms with Crippen molar-refractivity contribution in [1.82, 2.24) is 5.32 Å². The Morgan fingerprint density at radius 2 is 2.11 bits per heavy atom. The van der Waals surface area contributed by atoms with E-state index in [1.54, 1.807) is 6.07 Å². The molecule has 0 aliphatic carbocycles. The van der Waals surface area contributed by atoms with Gasteiger partial charge in [0.15, 0.2) is 0 Å². The van der Waals surface area contributed by atoms with Crippen LogP contribution in [0.2, 0.25) is 0 Å². The molecule has 1 aliphatic rings. The predicted octanol–water partition coefficient (Wildman–Crippen LogP) is 1.59. The van der Waals surface area contributed by atoms with Gasteiger partial charge in [0.1, 0.15) is 0 Å². The van der Waals surface area contributed by atoms with Crippen molar-refractivity contribution in [1.29, 1.82) is 0 Å². The highest BCUT2D eigenvalue weighted by Gasteiger charge is 2.26. The summed E-state index contributed by atoms with van der Waals surface area (Å²) in [5.41, 5.74) is 0.512. The number of rotatable bonds is 2. The number of carboxylic acids is 1. The number of benzene rings is 1. The van der Waals surface area contributed by atoms with Gasteiger partial charge in [0.05, 0.1) is 11.3 Å². The van der Waals surface area contributed by atoms with Gasteiger partial charge in [-0.15, -0.1) is 0 Å². The number of nitrogens with zero attached hydrogens (tertiary/aromatic N) is 1. The molecule has 1 aliphatic heterocycles. The van der Waals surface area contributed by atoms with Crippen molar-refractivity contribution < 1.29 is 19.5 Å². The van der Waals surface area contributed by atoms with E-state index in [4.69, 9.17) is 5.11 Å². The number of carboxylic acid groups (broad SMARTS) is 1. The Kier molecular flexibility index (Phi) is 3.33. The lowest BCUT2D eigenvalue weighted by Gasteiger charge is -2.27. The average molecular weight is 313 g/mol. The van der Waals surface area contributed by atoms with Gasteiger partial charge in [0, 0.05) is 17.4 Å². The summed E-state index contributed by atoms with van der Waals surface area (Å²) in [6.07, 6.45) is 0.190. The SMILES string of the molecule is O=C1CCN(c2cc(C(=O)O)ccc2Br)C(=O)N1. The van der Waals surface area contributed by atoms with Crippen LogP contribution in [0.3, 0.4) is 0 Å². The number of hydrogen-bond acceptors (Lipinski definition) is 3. The number of anilines is 1. The number of urea groups is 1. The third-order valence-corrected chi connectivity index (χ3v) is 3.21. The number of aromatic carboxylic acids is 1. The summed E-state index contributed by atoms with van der Waals surface area (Å²) in [7, 11) is 0. The molecule has 0 saturated carbocycles. The van der Waals surface area contributed by atoms with Crippen LogP contribution in [0.1, 0.15) is 16.8 Å². The number of amides is 3. The van der Waals surface area contributed by atoms with Crippen LogP contribution in [-0.2, 0) is 4.79 Å². The monoisotopic (exact) mass is 312 g/mol. The van der Waals surface area contributed by atoms with Crippen molar-refractivity contribution in [2.75, 3.05) is 11.4 Å². The van der Waals surface area contributed by atoms with Crippen molar-refractivity contribution in [3.05, 3.63) is 28.2 Å². The minimum Gasteiger partial charge on any atom is -0.478 e. The summed E-state index contributed by atoms with van der Waals surface area (Å²) in [5.74, 6) is -1.40. The highest BCUT2D eigenvalue weighted by atomic mass is 79.9. The van der Waals surface area contributed by atoms with Gasteiger partial charge in [-0.25, -0.2) is 9.59 Å². The Balaban J connectivity index is 2.38. The molecule has 1 aromatic rings. The molecule has 18 heavy (non-hydrogen) atoms. The van der Waals surface area contributed by atoms with Crippen LogP contribution in [0, 0.1) is 0 Å². The van der Waals surface area contributed by atoms with Gasteiger partial charge in [0.25, 0.3) is 0 Å². The molecule has 0 aromatic heterocycles. The van der Waals surface area contributed by atoms with Crippen molar-refractivity contribution in [3.8, 4) is 0 Å². The number of halogens is 1. The standard InChI is InChI=1S/C11H9BrN2O4/c12-7-2-1-6(10(16)17)5-8(7)14-4-3-9(15)13-11(14)18/h1-2,5H,3-4H2,(H,16,17)(H,13,15,18).